The molecule has 0 spiro atoms. The number of anilines is 1. The molecule has 0 saturated carbocycles. The molecule has 136 valence electrons. The Morgan fingerprint density at radius 1 is 1.08 bits per heavy atom. The third-order valence-electron chi connectivity index (χ3n) is 3.21. The number of halogens is 2. The Morgan fingerprint density at radius 2 is 1.85 bits per heavy atom. The molecule has 2 aromatic carbocycles. The number of methoxy groups -OCH3 is 2. The van der Waals surface area contributed by atoms with Crippen LogP contribution in [0, 0.1) is 0 Å². The quantitative estimate of drug-likeness (QED) is 0.462. The fourth-order valence-electron chi connectivity index (χ4n) is 1.91. The van der Waals surface area contributed by atoms with Crippen molar-refractivity contribution in [2.75, 3.05) is 19.5 Å². The van der Waals surface area contributed by atoms with E-state index in [-0.39, 0.29) is 0 Å². The summed E-state index contributed by atoms with van der Waals surface area (Å²) < 4.78 is 10.2. The van der Waals surface area contributed by atoms with Crippen molar-refractivity contribution in [3.8, 4) is 11.5 Å². The summed E-state index contributed by atoms with van der Waals surface area (Å²) in [6.07, 6.45) is 1.29. The zero-order valence-electron chi connectivity index (χ0n) is 13.9. The van der Waals surface area contributed by atoms with E-state index < -0.39 is 11.8 Å². The molecule has 0 aromatic heterocycles. The van der Waals surface area contributed by atoms with Crippen molar-refractivity contribution >= 4 is 46.9 Å². The van der Waals surface area contributed by atoms with E-state index in [2.05, 4.69) is 15.8 Å². The predicted octanol–water partition coefficient (Wildman–Crippen LogP) is 3.10. The topological polar surface area (TPSA) is 89.0 Å². The molecule has 0 radical (unpaired) electrons. The van der Waals surface area contributed by atoms with Crippen LogP contribution in [-0.4, -0.2) is 32.2 Å². The monoisotopic (exact) mass is 395 g/mol. The Morgan fingerprint density at radius 3 is 2.54 bits per heavy atom. The molecule has 2 rings (SSSR count). The second kappa shape index (κ2) is 9.07. The fourth-order valence-corrected chi connectivity index (χ4v) is 2.27. The summed E-state index contributed by atoms with van der Waals surface area (Å²) in [5, 5.41) is 6.77. The zero-order valence-corrected chi connectivity index (χ0v) is 15.4. The van der Waals surface area contributed by atoms with Gasteiger partial charge in [0.2, 0.25) is 0 Å². The maximum atomic E-state index is 12.0. The highest BCUT2D eigenvalue weighted by atomic mass is 35.5. The minimum atomic E-state index is -0.961. The molecule has 0 fully saturated rings. The third kappa shape index (κ3) is 4.87. The number of nitrogens with one attached hydrogen (secondary N) is 2. The fraction of sp³-hybridized carbons (Fsp3) is 0.118. The number of carbonyl (C=O) groups is 2. The van der Waals surface area contributed by atoms with E-state index in [0.717, 1.165) is 0 Å². The average Bonchev–Trinajstić information content (AvgIpc) is 2.65. The van der Waals surface area contributed by atoms with Gasteiger partial charge in [0.05, 0.1) is 36.2 Å². The molecular weight excluding hydrogens is 381 g/mol. The van der Waals surface area contributed by atoms with Crippen molar-refractivity contribution in [1.82, 2.24) is 5.43 Å². The van der Waals surface area contributed by atoms with E-state index in [1.165, 1.54) is 20.4 Å². The molecule has 26 heavy (non-hydrogen) atoms. The first kappa shape index (κ1) is 19.6. The van der Waals surface area contributed by atoms with Gasteiger partial charge in [0, 0.05) is 11.6 Å². The van der Waals surface area contributed by atoms with Crippen LogP contribution in [0.25, 0.3) is 0 Å². The highest BCUT2D eigenvalue weighted by Gasteiger charge is 2.15. The smallest absolute Gasteiger partial charge is 0.329 e. The summed E-state index contributed by atoms with van der Waals surface area (Å²) in [6.45, 7) is 0. The van der Waals surface area contributed by atoms with Crippen molar-refractivity contribution in [1.29, 1.82) is 0 Å². The Hall–Kier alpha value is -2.77. The molecule has 0 aliphatic carbocycles. The molecule has 2 amide bonds. The Bertz CT molecular complexity index is 856. The van der Waals surface area contributed by atoms with Crippen molar-refractivity contribution in [3.05, 3.63) is 52.0 Å². The molecule has 0 aliphatic rings. The number of benzene rings is 2. The first-order valence-electron chi connectivity index (χ1n) is 7.26. The van der Waals surface area contributed by atoms with Gasteiger partial charge in [-0.3, -0.25) is 9.59 Å². The normalized spacial score (nSPS) is 10.5. The summed E-state index contributed by atoms with van der Waals surface area (Å²) in [7, 11) is 2.94. The van der Waals surface area contributed by atoms with Crippen LogP contribution < -0.4 is 20.2 Å². The van der Waals surface area contributed by atoms with Crippen molar-refractivity contribution in [3.63, 3.8) is 0 Å². The molecule has 0 atom stereocenters. The van der Waals surface area contributed by atoms with E-state index in [4.69, 9.17) is 32.7 Å². The first-order valence-corrected chi connectivity index (χ1v) is 8.02. The molecule has 0 unspecified atom stereocenters. The largest absolute Gasteiger partial charge is 0.497 e. The van der Waals surface area contributed by atoms with Gasteiger partial charge in [-0.2, -0.15) is 5.10 Å². The van der Waals surface area contributed by atoms with Crippen LogP contribution in [0.4, 0.5) is 5.69 Å². The maximum absolute atomic E-state index is 12.0. The highest BCUT2D eigenvalue weighted by molar-refractivity contribution is 6.43. The molecule has 0 aliphatic heterocycles. The highest BCUT2D eigenvalue weighted by Crippen LogP contribution is 2.29. The van der Waals surface area contributed by atoms with Gasteiger partial charge in [0.25, 0.3) is 0 Å². The van der Waals surface area contributed by atoms with E-state index in [1.54, 1.807) is 36.4 Å². The lowest BCUT2D eigenvalue weighted by Crippen LogP contribution is -2.32. The van der Waals surface area contributed by atoms with Gasteiger partial charge in [0.15, 0.2) is 0 Å². The number of amides is 2. The number of hydrogen-bond donors (Lipinski definition) is 2. The summed E-state index contributed by atoms with van der Waals surface area (Å²) in [6, 6.07) is 9.71. The molecule has 2 aromatic rings. The molecule has 2 N–H and O–H groups in total. The maximum Gasteiger partial charge on any atom is 0.329 e. The van der Waals surface area contributed by atoms with Crippen molar-refractivity contribution in [2.24, 2.45) is 5.10 Å². The standard InChI is InChI=1S/C17H15Cl2N3O4/c1-25-11-6-7-13(14(8-11)26-2)21-16(23)17(24)22-20-9-10-4-3-5-12(18)15(10)19/h3-9H,1-2H3,(H,21,23)(H,22,24)/b20-9-. The van der Waals surface area contributed by atoms with Crippen LogP contribution >= 0.6 is 23.2 Å². The minimum Gasteiger partial charge on any atom is -0.497 e. The van der Waals surface area contributed by atoms with Crippen molar-refractivity contribution < 1.29 is 19.1 Å². The van der Waals surface area contributed by atoms with Gasteiger partial charge >= 0.3 is 11.8 Å². The first-order chi connectivity index (χ1) is 12.5. The van der Waals surface area contributed by atoms with E-state index in [1.807, 2.05) is 0 Å². The number of carbonyl (C=O) groups excluding carboxylic acids is 2. The predicted molar refractivity (Wildman–Crippen MR) is 100 cm³/mol. The molecule has 7 nitrogen and oxygen atoms in total. The molecule has 0 saturated heterocycles. The van der Waals surface area contributed by atoms with Gasteiger partial charge in [-0.15, -0.1) is 0 Å². The van der Waals surface area contributed by atoms with Gasteiger partial charge in [-0.05, 0) is 18.2 Å². The lowest BCUT2D eigenvalue weighted by atomic mass is 10.2. The Balaban J connectivity index is 2.01. The lowest BCUT2D eigenvalue weighted by Gasteiger charge is -2.10. The Labute approximate surface area is 159 Å². The van der Waals surface area contributed by atoms with Gasteiger partial charge < -0.3 is 14.8 Å². The van der Waals surface area contributed by atoms with Crippen LogP contribution in [0.1, 0.15) is 5.56 Å². The number of rotatable bonds is 5. The molecular formula is C17H15Cl2N3O4. The Kier molecular flexibility index (Phi) is 6.82. The zero-order chi connectivity index (χ0) is 19.1. The number of hydrogen-bond acceptors (Lipinski definition) is 5. The van der Waals surface area contributed by atoms with Crippen LogP contribution in [0.15, 0.2) is 41.5 Å². The van der Waals surface area contributed by atoms with Crippen LogP contribution in [0.5, 0.6) is 11.5 Å². The van der Waals surface area contributed by atoms with Crippen molar-refractivity contribution in [2.45, 2.75) is 0 Å². The average molecular weight is 396 g/mol. The summed E-state index contributed by atoms with van der Waals surface area (Å²) in [4.78, 5) is 23.8. The van der Waals surface area contributed by atoms with E-state index in [0.29, 0.717) is 32.8 Å². The van der Waals surface area contributed by atoms with E-state index in [9.17, 15) is 9.59 Å². The summed E-state index contributed by atoms with van der Waals surface area (Å²) in [5.74, 6) is -0.980. The lowest BCUT2D eigenvalue weighted by molar-refractivity contribution is -0.136. The van der Waals surface area contributed by atoms with E-state index >= 15 is 0 Å². The number of nitrogens with zero attached hydrogens (tertiary/aromatic N) is 1. The molecule has 9 heteroatoms. The SMILES string of the molecule is COc1ccc(NC(=O)C(=O)N/N=C\c2cccc(Cl)c2Cl)c(OC)c1. The third-order valence-corrected chi connectivity index (χ3v) is 4.05. The second-order valence-electron chi connectivity index (χ2n) is 4.86. The number of hydrazone groups is 1. The van der Waals surface area contributed by atoms with Crippen LogP contribution in [-0.2, 0) is 9.59 Å². The molecule has 0 bridgehead atoms. The number of ether oxygens (including phenoxy) is 2. The minimum absolute atomic E-state index is 0.291. The van der Waals surface area contributed by atoms with Crippen LogP contribution in [0.3, 0.4) is 0 Å². The van der Waals surface area contributed by atoms with Gasteiger partial charge in [-0.1, -0.05) is 35.3 Å². The van der Waals surface area contributed by atoms with Gasteiger partial charge in [0.1, 0.15) is 11.5 Å². The summed E-state index contributed by atoms with van der Waals surface area (Å²) >= 11 is 11.9. The van der Waals surface area contributed by atoms with Gasteiger partial charge in [-0.25, -0.2) is 5.43 Å². The summed E-state index contributed by atoms with van der Waals surface area (Å²) in [5.41, 5.74) is 2.92. The van der Waals surface area contributed by atoms with Crippen LogP contribution in [0.2, 0.25) is 10.0 Å². The second-order valence-corrected chi connectivity index (χ2v) is 5.65. The molecule has 0 heterocycles.